The second-order valence-electron chi connectivity index (χ2n) is 7.02. The number of piperidine rings is 1. The first-order chi connectivity index (χ1) is 11.6. The summed E-state index contributed by atoms with van der Waals surface area (Å²) >= 11 is 0. The molecule has 1 aliphatic carbocycles. The van der Waals surface area contributed by atoms with Crippen molar-refractivity contribution < 1.29 is 19.1 Å². The van der Waals surface area contributed by atoms with E-state index < -0.39 is 11.6 Å². The van der Waals surface area contributed by atoms with Crippen LogP contribution in [0.4, 0.5) is 4.79 Å². The number of ether oxygens (including phenoxy) is 1. The van der Waals surface area contributed by atoms with E-state index >= 15 is 0 Å². The highest BCUT2D eigenvalue weighted by Crippen LogP contribution is 2.33. The summed E-state index contributed by atoms with van der Waals surface area (Å²) in [7, 11) is 0. The minimum atomic E-state index is -0.759. The van der Waals surface area contributed by atoms with Gasteiger partial charge in [-0.05, 0) is 32.6 Å². The van der Waals surface area contributed by atoms with Gasteiger partial charge in [-0.15, -0.1) is 0 Å². The standard InChI is InChI=1S/C17H27N3O4/c1-2-24-13-7-6-10-19(11-13)14(21)12-20-15(22)17(18-16(20)23)8-4-3-5-9-17/h13H,2-12H2,1H3,(H,18,23)/t13-/m0/s1. The Labute approximate surface area is 142 Å². The number of rotatable bonds is 4. The normalized spacial score (nSPS) is 26.8. The van der Waals surface area contributed by atoms with Gasteiger partial charge in [-0.3, -0.25) is 14.5 Å². The van der Waals surface area contributed by atoms with Crippen LogP contribution in [0.25, 0.3) is 0 Å². The molecule has 4 amide bonds. The number of hydrogen-bond donors (Lipinski definition) is 1. The number of likely N-dealkylation sites (tertiary alicyclic amines) is 1. The van der Waals surface area contributed by atoms with E-state index in [-0.39, 0.29) is 24.5 Å². The molecule has 24 heavy (non-hydrogen) atoms. The third-order valence-electron chi connectivity index (χ3n) is 5.38. The summed E-state index contributed by atoms with van der Waals surface area (Å²) in [5, 5.41) is 2.85. The fourth-order valence-corrected chi connectivity index (χ4v) is 4.09. The summed E-state index contributed by atoms with van der Waals surface area (Å²) < 4.78 is 5.61. The van der Waals surface area contributed by atoms with Crippen LogP contribution in [0.15, 0.2) is 0 Å². The lowest BCUT2D eigenvalue weighted by Gasteiger charge is -2.33. The lowest BCUT2D eigenvalue weighted by atomic mass is 9.82. The molecule has 7 nitrogen and oxygen atoms in total. The molecular weight excluding hydrogens is 310 g/mol. The van der Waals surface area contributed by atoms with Crippen molar-refractivity contribution in [3.8, 4) is 0 Å². The number of nitrogens with zero attached hydrogens (tertiary/aromatic N) is 2. The zero-order valence-electron chi connectivity index (χ0n) is 14.4. The van der Waals surface area contributed by atoms with Crippen LogP contribution in [0, 0.1) is 0 Å². The van der Waals surface area contributed by atoms with E-state index in [9.17, 15) is 14.4 Å². The maximum atomic E-state index is 12.7. The Balaban J connectivity index is 1.61. The molecular formula is C17H27N3O4. The Morgan fingerprint density at radius 3 is 2.71 bits per heavy atom. The molecule has 0 unspecified atom stereocenters. The third-order valence-corrected chi connectivity index (χ3v) is 5.38. The van der Waals surface area contributed by atoms with Gasteiger partial charge in [0.25, 0.3) is 5.91 Å². The maximum absolute atomic E-state index is 12.7. The lowest BCUT2D eigenvalue weighted by Crippen LogP contribution is -2.50. The molecule has 1 atom stereocenters. The summed E-state index contributed by atoms with van der Waals surface area (Å²) in [4.78, 5) is 40.4. The summed E-state index contributed by atoms with van der Waals surface area (Å²) in [6.45, 7) is 3.61. The third kappa shape index (κ3) is 3.27. The van der Waals surface area contributed by atoms with Crippen molar-refractivity contribution >= 4 is 17.8 Å². The van der Waals surface area contributed by atoms with Gasteiger partial charge >= 0.3 is 6.03 Å². The predicted molar refractivity (Wildman–Crippen MR) is 87.3 cm³/mol. The van der Waals surface area contributed by atoms with Gasteiger partial charge in [0, 0.05) is 19.7 Å². The number of carbonyl (C=O) groups excluding carboxylic acids is 3. The van der Waals surface area contributed by atoms with Crippen LogP contribution in [-0.4, -0.2) is 65.5 Å². The van der Waals surface area contributed by atoms with Gasteiger partial charge in [0.05, 0.1) is 6.10 Å². The Kier molecular flexibility index (Phi) is 5.08. The number of urea groups is 1. The van der Waals surface area contributed by atoms with E-state index in [1.165, 1.54) is 0 Å². The number of carbonyl (C=O) groups is 3. The van der Waals surface area contributed by atoms with E-state index in [0.717, 1.165) is 37.0 Å². The van der Waals surface area contributed by atoms with Crippen molar-refractivity contribution in [3.05, 3.63) is 0 Å². The van der Waals surface area contributed by atoms with Crippen LogP contribution in [0.3, 0.4) is 0 Å². The molecule has 0 aromatic heterocycles. The molecule has 2 saturated heterocycles. The first-order valence-corrected chi connectivity index (χ1v) is 9.09. The smallest absolute Gasteiger partial charge is 0.325 e. The zero-order valence-corrected chi connectivity index (χ0v) is 14.4. The molecule has 2 aliphatic heterocycles. The second-order valence-corrected chi connectivity index (χ2v) is 7.02. The van der Waals surface area contributed by atoms with Gasteiger partial charge in [0.2, 0.25) is 5.91 Å². The molecule has 0 aromatic carbocycles. The summed E-state index contributed by atoms with van der Waals surface area (Å²) in [6, 6.07) is -0.423. The fourth-order valence-electron chi connectivity index (χ4n) is 4.09. The molecule has 0 aromatic rings. The largest absolute Gasteiger partial charge is 0.377 e. The Morgan fingerprint density at radius 2 is 2.00 bits per heavy atom. The number of imide groups is 1. The van der Waals surface area contributed by atoms with Crippen LogP contribution < -0.4 is 5.32 Å². The van der Waals surface area contributed by atoms with E-state index in [2.05, 4.69) is 5.32 Å². The monoisotopic (exact) mass is 337 g/mol. The summed E-state index contributed by atoms with van der Waals surface area (Å²) in [5.74, 6) is -0.394. The van der Waals surface area contributed by atoms with Gasteiger partial charge in [-0.2, -0.15) is 0 Å². The van der Waals surface area contributed by atoms with Crippen LogP contribution >= 0.6 is 0 Å². The van der Waals surface area contributed by atoms with Gasteiger partial charge < -0.3 is 15.0 Å². The van der Waals surface area contributed by atoms with E-state index in [1.807, 2.05) is 6.92 Å². The van der Waals surface area contributed by atoms with Crippen molar-refractivity contribution in [1.82, 2.24) is 15.1 Å². The first kappa shape index (κ1) is 17.2. The predicted octanol–water partition coefficient (Wildman–Crippen LogP) is 1.27. The molecule has 2 heterocycles. The van der Waals surface area contributed by atoms with Crippen LogP contribution in [-0.2, 0) is 14.3 Å². The van der Waals surface area contributed by atoms with Gasteiger partial charge in [0.15, 0.2) is 0 Å². The Morgan fingerprint density at radius 1 is 1.25 bits per heavy atom. The SMILES string of the molecule is CCO[C@H]1CCCN(C(=O)CN2C(=O)NC3(CCCCC3)C2=O)C1. The van der Waals surface area contributed by atoms with E-state index in [4.69, 9.17) is 4.74 Å². The minimum absolute atomic E-state index is 0.0560. The Bertz CT molecular complexity index is 514. The summed E-state index contributed by atoms with van der Waals surface area (Å²) in [5.41, 5.74) is -0.759. The highest BCUT2D eigenvalue weighted by Gasteiger charge is 2.51. The molecule has 1 spiro atoms. The van der Waals surface area contributed by atoms with Gasteiger partial charge in [-0.1, -0.05) is 19.3 Å². The topological polar surface area (TPSA) is 79.0 Å². The van der Waals surface area contributed by atoms with Crippen molar-refractivity contribution in [1.29, 1.82) is 0 Å². The molecule has 3 rings (SSSR count). The fraction of sp³-hybridized carbons (Fsp3) is 0.824. The summed E-state index contributed by atoms with van der Waals surface area (Å²) in [6.07, 6.45) is 6.23. The van der Waals surface area contributed by atoms with E-state index in [1.54, 1.807) is 4.90 Å². The molecule has 134 valence electrons. The molecule has 0 bridgehead atoms. The Hall–Kier alpha value is -1.63. The quantitative estimate of drug-likeness (QED) is 0.784. The van der Waals surface area contributed by atoms with Crippen molar-refractivity contribution in [2.24, 2.45) is 0 Å². The number of amides is 4. The lowest BCUT2D eigenvalue weighted by molar-refractivity contribution is -0.141. The van der Waals surface area contributed by atoms with Crippen LogP contribution in [0.5, 0.6) is 0 Å². The number of hydrogen-bond acceptors (Lipinski definition) is 4. The molecule has 3 fully saturated rings. The molecule has 3 aliphatic rings. The first-order valence-electron chi connectivity index (χ1n) is 9.09. The number of nitrogens with one attached hydrogen (secondary N) is 1. The van der Waals surface area contributed by atoms with Crippen molar-refractivity contribution in [2.45, 2.75) is 63.5 Å². The van der Waals surface area contributed by atoms with Crippen LogP contribution in [0.1, 0.15) is 51.9 Å². The second kappa shape index (κ2) is 7.09. The van der Waals surface area contributed by atoms with Crippen molar-refractivity contribution in [3.63, 3.8) is 0 Å². The van der Waals surface area contributed by atoms with Gasteiger partial charge in [0.1, 0.15) is 12.1 Å². The zero-order chi connectivity index (χ0) is 17.2. The minimum Gasteiger partial charge on any atom is -0.377 e. The van der Waals surface area contributed by atoms with Gasteiger partial charge in [-0.25, -0.2) is 4.79 Å². The maximum Gasteiger partial charge on any atom is 0.325 e. The molecule has 0 radical (unpaired) electrons. The molecule has 1 N–H and O–H groups in total. The highest BCUT2D eigenvalue weighted by molar-refractivity contribution is 6.09. The molecule has 1 saturated carbocycles. The van der Waals surface area contributed by atoms with Crippen LogP contribution in [0.2, 0.25) is 0 Å². The average molecular weight is 337 g/mol. The van der Waals surface area contributed by atoms with Crippen molar-refractivity contribution in [2.75, 3.05) is 26.2 Å². The average Bonchev–Trinajstić information content (AvgIpc) is 2.80. The highest BCUT2D eigenvalue weighted by atomic mass is 16.5. The molecule has 7 heteroatoms. The van der Waals surface area contributed by atoms with E-state index in [0.29, 0.717) is 32.5 Å².